The van der Waals surface area contributed by atoms with Crippen LogP contribution in [0, 0.1) is 0 Å². The number of carbonyl (C=O) groups is 2. The molecule has 2 N–H and O–H groups in total. The summed E-state index contributed by atoms with van der Waals surface area (Å²) >= 11 is 14.8. The van der Waals surface area contributed by atoms with E-state index in [2.05, 4.69) is 21.2 Å². The molecule has 0 aliphatic rings. The quantitative estimate of drug-likeness (QED) is 0.662. The Bertz CT molecular complexity index is 451. The molecule has 0 aromatic heterocycles. The molecule has 0 spiro atoms. The third-order valence-electron chi connectivity index (χ3n) is 1.62. The number of hydrogen-bond acceptors (Lipinski definition) is 2. The lowest BCUT2D eigenvalue weighted by Crippen LogP contribution is -2.16. The number of amides is 1. The maximum Gasteiger partial charge on any atom is 0.312 e. The molecule has 16 heavy (non-hydrogen) atoms. The number of carbonyl (C=O) groups excluding carboxylic acids is 1. The molecule has 4 nitrogen and oxygen atoms in total. The lowest BCUT2D eigenvalue weighted by Gasteiger charge is -2.08. The van der Waals surface area contributed by atoms with Crippen LogP contribution in [-0.4, -0.2) is 17.0 Å². The highest BCUT2D eigenvalue weighted by Crippen LogP contribution is 2.35. The van der Waals surface area contributed by atoms with Crippen LogP contribution in [0.3, 0.4) is 0 Å². The monoisotopic (exact) mass is 325 g/mol. The van der Waals surface area contributed by atoms with Crippen LogP contribution in [0.1, 0.15) is 6.42 Å². The van der Waals surface area contributed by atoms with Crippen LogP contribution < -0.4 is 5.32 Å². The highest BCUT2D eigenvalue weighted by Gasteiger charge is 2.12. The SMILES string of the molecule is O=C(O)CC(=O)Nc1ccc(Br)c(Cl)c1Cl. The lowest BCUT2D eigenvalue weighted by molar-refractivity contribution is -0.139. The summed E-state index contributed by atoms with van der Waals surface area (Å²) in [6, 6.07) is 3.13. The minimum Gasteiger partial charge on any atom is -0.481 e. The Kier molecular flexibility index (Phi) is 4.58. The molecule has 0 aliphatic heterocycles. The smallest absolute Gasteiger partial charge is 0.312 e. The Hall–Kier alpha value is -0.780. The lowest BCUT2D eigenvalue weighted by atomic mass is 10.3. The Morgan fingerprint density at radius 2 is 1.94 bits per heavy atom. The van der Waals surface area contributed by atoms with Gasteiger partial charge in [0.25, 0.3) is 0 Å². The molecule has 0 bridgehead atoms. The largest absolute Gasteiger partial charge is 0.481 e. The molecule has 0 radical (unpaired) electrons. The van der Waals surface area contributed by atoms with E-state index >= 15 is 0 Å². The van der Waals surface area contributed by atoms with Crippen molar-refractivity contribution >= 4 is 56.7 Å². The van der Waals surface area contributed by atoms with Crippen molar-refractivity contribution in [1.82, 2.24) is 0 Å². The Morgan fingerprint density at radius 1 is 1.31 bits per heavy atom. The number of nitrogens with one attached hydrogen (secondary N) is 1. The van der Waals surface area contributed by atoms with Crippen molar-refractivity contribution < 1.29 is 14.7 Å². The second-order valence-electron chi connectivity index (χ2n) is 2.84. The Morgan fingerprint density at radius 3 is 2.50 bits per heavy atom. The molecule has 1 amide bonds. The molecule has 0 saturated heterocycles. The van der Waals surface area contributed by atoms with E-state index in [0.717, 1.165) is 0 Å². The van der Waals surface area contributed by atoms with E-state index in [-0.39, 0.29) is 15.7 Å². The van der Waals surface area contributed by atoms with E-state index in [1.54, 1.807) is 6.07 Å². The van der Waals surface area contributed by atoms with Gasteiger partial charge >= 0.3 is 5.97 Å². The average Bonchev–Trinajstić information content (AvgIpc) is 2.18. The van der Waals surface area contributed by atoms with Crippen LogP contribution in [0.4, 0.5) is 5.69 Å². The molecule has 0 aliphatic carbocycles. The van der Waals surface area contributed by atoms with Crippen LogP contribution in [0.2, 0.25) is 10.0 Å². The fourth-order valence-electron chi connectivity index (χ4n) is 0.954. The second kappa shape index (κ2) is 5.52. The van der Waals surface area contributed by atoms with Gasteiger partial charge in [-0.05, 0) is 28.1 Å². The Balaban J connectivity index is 2.86. The molecule has 1 rings (SSSR count). The van der Waals surface area contributed by atoms with Crippen molar-refractivity contribution in [3.05, 3.63) is 26.7 Å². The maximum atomic E-state index is 11.2. The van der Waals surface area contributed by atoms with Crippen LogP contribution >= 0.6 is 39.1 Å². The summed E-state index contributed by atoms with van der Waals surface area (Å²) < 4.78 is 0.593. The average molecular weight is 327 g/mol. The molecular weight excluding hydrogens is 321 g/mol. The predicted molar refractivity (Wildman–Crippen MR) is 65.0 cm³/mol. The molecule has 1 aromatic rings. The summed E-state index contributed by atoms with van der Waals surface area (Å²) in [6.45, 7) is 0. The van der Waals surface area contributed by atoms with Crippen molar-refractivity contribution in [2.45, 2.75) is 6.42 Å². The van der Waals surface area contributed by atoms with Gasteiger partial charge in [0.2, 0.25) is 5.91 Å². The summed E-state index contributed by atoms with van der Waals surface area (Å²) in [5.74, 6) is -1.87. The van der Waals surface area contributed by atoms with E-state index in [4.69, 9.17) is 28.3 Å². The van der Waals surface area contributed by atoms with Gasteiger partial charge in [0.1, 0.15) is 6.42 Å². The standard InChI is InChI=1S/C9H6BrCl2NO3/c10-4-1-2-5(9(12)8(4)11)13-6(14)3-7(15)16/h1-2H,3H2,(H,13,14)(H,15,16). The van der Waals surface area contributed by atoms with Crippen LogP contribution in [0.5, 0.6) is 0 Å². The van der Waals surface area contributed by atoms with Gasteiger partial charge in [0, 0.05) is 4.47 Å². The number of carboxylic acid groups (broad SMARTS) is 1. The summed E-state index contributed by atoms with van der Waals surface area (Å²) in [4.78, 5) is 21.4. The molecule has 0 atom stereocenters. The third kappa shape index (κ3) is 3.37. The molecular formula is C9H6BrCl2NO3. The summed E-state index contributed by atoms with van der Waals surface area (Å²) in [5, 5.41) is 11.2. The van der Waals surface area contributed by atoms with Crippen LogP contribution in [0.25, 0.3) is 0 Å². The molecule has 7 heteroatoms. The molecule has 0 saturated carbocycles. The number of hydrogen-bond donors (Lipinski definition) is 2. The van der Waals surface area contributed by atoms with Gasteiger partial charge < -0.3 is 10.4 Å². The van der Waals surface area contributed by atoms with Crippen LogP contribution in [0.15, 0.2) is 16.6 Å². The molecule has 0 unspecified atom stereocenters. The van der Waals surface area contributed by atoms with E-state index in [9.17, 15) is 9.59 Å². The zero-order valence-corrected chi connectivity index (χ0v) is 10.9. The number of halogens is 3. The zero-order valence-electron chi connectivity index (χ0n) is 7.76. The second-order valence-corrected chi connectivity index (χ2v) is 4.45. The van der Waals surface area contributed by atoms with Crippen molar-refractivity contribution in [2.24, 2.45) is 0 Å². The van der Waals surface area contributed by atoms with Crippen LogP contribution in [-0.2, 0) is 9.59 Å². The van der Waals surface area contributed by atoms with E-state index in [1.807, 2.05) is 0 Å². The third-order valence-corrected chi connectivity index (χ3v) is 3.39. The fraction of sp³-hybridized carbons (Fsp3) is 0.111. The molecule has 0 heterocycles. The van der Waals surface area contributed by atoms with E-state index < -0.39 is 18.3 Å². The van der Waals surface area contributed by atoms with Gasteiger partial charge in [0.15, 0.2) is 0 Å². The molecule has 1 aromatic carbocycles. The summed E-state index contributed by atoms with van der Waals surface area (Å²) in [5.41, 5.74) is 0.279. The minimum atomic E-state index is -1.21. The summed E-state index contributed by atoms with van der Waals surface area (Å²) in [7, 11) is 0. The number of carboxylic acids is 1. The molecule has 86 valence electrons. The fourth-order valence-corrected chi connectivity index (χ4v) is 1.78. The molecule has 0 fully saturated rings. The zero-order chi connectivity index (χ0) is 12.3. The van der Waals surface area contributed by atoms with Crippen molar-refractivity contribution in [3.63, 3.8) is 0 Å². The first kappa shape index (κ1) is 13.3. The van der Waals surface area contributed by atoms with Gasteiger partial charge in [-0.3, -0.25) is 9.59 Å². The van der Waals surface area contributed by atoms with Crippen molar-refractivity contribution in [2.75, 3.05) is 5.32 Å². The van der Waals surface area contributed by atoms with E-state index in [1.165, 1.54) is 6.07 Å². The number of benzene rings is 1. The number of rotatable bonds is 3. The number of aliphatic carboxylic acids is 1. The topological polar surface area (TPSA) is 66.4 Å². The first-order chi connectivity index (χ1) is 7.41. The van der Waals surface area contributed by atoms with Gasteiger partial charge in [-0.25, -0.2) is 0 Å². The van der Waals surface area contributed by atoms with Gasteiger partial charge in [0.05, 0.1) is 15.7 Å². The van der Waals surface area contributed by atoms with Gasteiger partial charge in [-0.15, -0.1) is 0 Å². The normalized spacial score (nSPS) is 9.94. The summed E-state index contributed by atoms with van der Waals surface area (Å²) in [6.07, 6.45) is -0.621. The first-order valence-electron chi connectivity index (χ1n) is 4.07. The van der Waals surface area contributed by atoms with Crippen molar-refractivity contribution in [3.8, 4) is 0 Å². The minimum absolute atomic E-state index is 0.162. The van der Waals surface area contributed by atoms with Gasteiger partial charge in [-0.2, -0.15) is 0 Å². The maximum absolute atomic E-state index is 11.2. The van der Waals surface area contributed by atoms with Gasteiger partial charge in [-0.1, -0.05) is 23.2 Å². The number of anilines is 1. The Labute approximate surface area is 110 Å². The highest BCUT2D eigenvalue weighted by molar-refractivity contribution is 9.10. The predicted octanol–water partition coefficient (Wildman–Crippen LogP) is 3.17. The highest BCUT2D eigenvalue weighted by atomic mass is 79.9. The van der Waals surface area contributed by atoms with E-state index in [0.29, 0.717) is 4.47 Å². The first-order valence-corrected chi connectivity index (χ1v) is 5.62. The van der Waals surface area contributed by atoms with Crippen molar-refractivity contribution in [1.29, 1.82) is 0 Å².